The molecule has 3 aliphatic rings. The number of nitrogens with one attached hydrogen (secondary N) is 2. The fraction of sp³-hybridized carbons (Fsp3) is 0.588. The van der Waals surface area contributed by atoms with E-state index in [9.17, 15) is 0 Å². The first-order valence-electron chi connectivity index (χ1n) is 8.23. The molecule has 2 heterocycles. The van der Waals surface area contributed by atoms with Gasteiger partial charge >= 0.3 is 0 Å². The fourth-order valence-corrected chi connectivity index (χ4v) is 5.11. The molecule has 0 saturated heterocycles. The second-order valence-corrected chi connectivity index (χ2v) is 7.50. The van der Waals surface area contributed by atoms with Gasteiger partial charge in [-0.25, -0.2) is 4.99 Å². The van der Waals surface area contributed by atoms with Gasteiger partial charge in [0.1, 0.15) is 10.8 Å². The van der Waals surface area contributed by atoms with Crippen molar-refractivity contribution in [3.8, 4) is 0 Å². The van der Waals surface area contributed by atoms with E-state index in [4.69, 9.17) is 4.99 Å². The zero-order valence-corrected chi connectivity index (χ0v) is 13.3. The van der Waals surface area contributed by atoms with E-state index in [-0.39, 0.29) is 0 Å². The van der Waals surface area contributed by atoms with Gasteiger partial charge in [-0.2, -0.15) is 0 Å². The number of hydrogen-bond acceptors (Lipinski definition) is 4. The van der Waals surface area contributed by atoms with Crippen LogP contribution in [0.25, 0.3) is 5.70 Å². The van der Waals surface area contributed by atoms with Crippen molar-refractivity contribution in [3.63, 3.8) is 0 Å². The van der Waals surface area contributed by atoms with E-state index in [1.54, 1.807) is 0 Å². The van der Waals surface area contributed by atoms with Gasteiger partial charge in [0.2, 0.25) is 0 Å². The monoisotopic (exact) mass is 301 g/mol. The largest absolute Gasteiger partial charge is 0.343 e. The van der Waals surface area contributed by atoms with Gasteiger partial charge in [-0.05, 0) is 37.7 Å². The number of aryl methyl sites for hydroxylation is 1. The standard InChI is InChI=1S/C17H23N3S/c1-11-16-13-8-5-9-14(13)21-17(16)20-15(19-11)10-18-12-6-3-2-4-7-12/h12,18H,1-10H2,(H,19,20). The summed E-state index contributed by atoms with van der Waals surface area (Å²) < 4.78 is 0. The van der Waals surface area contributed by atoms with Gasteiger partial charge in [-0.1, -0.05) is 25.8 Å². The molecule has 112 valence electrons. The molecule has 0 bridgehead atoms. The third kappa shape index (κ3) is 2.55. The normalized spacial score (nSPS) is 21.7. The highest BCUT2D eigenvalue weighted by atomic mass is 32.1. The minimum absolute atomic E-state index is 0.672. The first kappa shape index (κ1) is 13.5. The Bertz CT molecular complexity index is 593. The third-order valence-corrected chi connectivity index (χ3v) is 6.09. The van der Waals surface area contributed by atoms with E-state index in [0.29, 0.717) is 6.04 Å². The van der Waals surface area contributed by atoms with Crippen LogP contribution in [0.1, 0.15) is 54.5 Å². The summed E-state index contributed by atoms with van der Waals surface area (Å²) in [5.41, 5.74) is 3.87. The first-order valence-corrected chi connectivity index (χ1v) is 9.04. The molecule has 0 aromatic carbocycles. The van der Waals surface area contributed by atoms with Crippen LogP contribution < -0.4 is 10.6 Å². The number of nitrogens with zero attached hydrogens (tertiary/aromatic N) is 1. The SMILES string of the molecule is C=C1NC(CNC2CCCCC2)=Nc2sc3c(c21)CCC3. The highest BCUT2D eigenvalue weighted by Gasteiger charge is 2.27. The van der Waals surface area contributed by atoms with Crippen molar-refractivity contribution in [2.24, 2.45) is 4.99 Å². The molecule has 1 aromatic heterocycles. The van der Waals surface area contributed by atoms with Crippen molar-refractivity contribution >= 4 is 27.9 Å². The third-order valence-electron chi connectivity index (χ3n) is 4.90. The van der Waals surface area contributed by atoms with Crippen LogP contribution >= 0.6 is 11.3 Å². The minimum Gasteiger partial charge on any atom is -0.343 e. The predicted molar refractivity (Wildman–Crippen MR) is 90.5 cm³/mol. The van der Waals surface area contributed by atoms with Gasteiger partial charge in [0, 0.05) is 22.2 Å². The van der Waals surface area contributed by atoms with Gasteiger partial charge in [-0.15, -0.1) is 11.3 Å². The maximum Gasteiger partial charge on any atom is 0.128 e. The highest BCUT2D eigenvalue weighted by molar-refractivity contribution is 7.16. The molecule has 4 heteroatoms. The molecule has 1 aliphatic heterocycles. The van der Waals surface area contributed by atoms with E-state index in [0.717, 1.165) is 18.1 Å². The maximum absolute atomic E-state index is 4.84. The van der Waals surface area contributed by atoms with Crippen LogP contribution in [0.4, 0.5) is 5.00 Å². The Hall–Kier alpha value is -1.13. The molecule has 1 saturated carbocycles. The van der Waals surface area contributed by atoms with E-state index >= 15 is 0 Å². The van der Waals surface area contributed by atoms with Crippen molar-refractivity contribution in [2.45, 2.75) is 57.4 Å². The molecule has 0 unspecified atom stereocenters. The van der Waals surface area contributed by atoms with Gasteiger partial charge in [0.25, 0.3) is 0 Å². The Morgan fingerprint density at radius 2 is 2.05 bits per heavy atom. The van der Waals surface area contributed by atoms with Gasteiger partial charge < -0.3 is 10.6 Å². The Labute approximate surface area is 130 Å². The lowest BCUT2D eigenvalue weighted by Gasteiger charge is -2.25. The van der Waals surface area contributed by atoms with E-state index < -0.39 is 0 Å². The molecule has 2 N–H and O–H groups in total. The zero-order chi connectivity index (χ0) is 14.2. The summed E-state index contributed by atoms with van der Waals surface area (Å²) in [5, 5.41) is 8.27. The molecular weight excluding hydrogens is 278 g/mol. The number of amidine groups is 1. The molecule has 1 fully saturated rings. The number of fused-ring (bicyclic) bond motifs is 3. The first-order chi connectivity index (χ1) is 10.3. The van der Waals surface area contributed by atoms with Crippen molar-refractivity contribution in [1.29, 1.82) is 0 Å². The molecule has 2 aliphatic carbocycles. The lowest BCUT2D eigenvalue weighted by Crippen LogP contribution is -2.40. The Morgan fingerprint density at radius 1 is 1.19 bits per heavy atom. The summed E-state index contributed by atoms with van der Waals surface area (Å²) >= 11 is 1.88. The summed E-state index contributed by atoms with van der Waals surface area (Å²) in [6.45, 7) is 5.08. The lowest BCUT2D eigenvalue weighted by atomic mass is 9.95. The maximum atomic E-state index is 4.84. The number of aliphatic imine (C=N–C) groups is 1. The number of hydrogen-bond donors (Lipinski definition) is 2. The molecule has 21 heavy (non-hydrogen) atoms. The van der Waals surface area contributed by atoms with Crippen LogP contribution in [-0.2, 0) is 12.8 Å². The Balaban J connectivity index is 1.49. The van der Waals surface area contributed by atoms with E-state index in [1.807, 2.05) is 11.3 Å². The molecular formula is C17H23N3S. The minimum atomic E-state index is 0.672. The van der Waals surface area contributed by atoms with E-state index in [1.165, 1.54) is 72.4 Å². The smallest absolute Gasteiger partial charge is 0.128 e. The lowest BCUT2D eigenvalue weighted by molar-refractivity contribution is 0.387. The topological polar surface area (TPSA) is 36.4 Å². The van der Waals surface area contributed by atoms with Crippen molar-refractivity contribution in [2.75, 3.05) is 6.54 Å². The van der Waals surface area contributed by atoms with Crippen LogP contribution in [0.5, 0.6) is 0 Å². The zero-order valence-electron chi connectivity index (χ0n) is 12.5. The van der Waals surface area contributed by atoms with Gasteiger partial charge in [0.05, 0.1) is 6.54 Å². The summed E-state index contributed by atoms with van der Waals surface area (Å²) in [6, 6.07) is 0.672. The van der Waals surface area contributed by atoms with Crippen molar-refractivity contribution in [1.82, 2.24) is 10.6 Å². The van der Waals surface area contributed by atoms with Crippen molar-refractivity contribution in [3.05, 3.63) is 22.6 Å². The quantitative estimate of drug-likeness (QED) is 0.892. The predicted octanol–water partition coefficient (Wildman–Crippen LogP) is 3.76. The average Bonchev–Trinajstić information content (AvgIpc) is 3.06. The van der Waals surface area contributed by atoms with Crippen LogP contribution in [0.2, 0.25) is 0 Å². The van der Waals surface area contributed by atoms with Crippen LogP contribution in [-0.4, -0.2) is 18.4 Å². The Kier molecular flexibility index (Phi) is 3.59. The number of rotatable bonds is 3. The molecule has 0 radical (unpaired) electrons. The van der Waals surface area contributed by atoms with Crippen LogP contribution in [0.3, 0.4) is 0 Å². The highest BCUT2D eigenvalue weighted by Crippen LogP contribution is 2.44. The van der Waals surface area contributed by atoms with Crippen LogP contribution in [0, 0.1) is 0 Å². The Morgan fingerprint density at radius 3 is 2.90 bits per heavy atom. The van der Waals surface area contributed by atoms with Gasteiger partial charge in [0.15, 0.2) is 0 Å². The molecule has 0 spiro atoms. The second-order valence-electron chi connectivity index (χ2n) is 6.42. The molecule has 3 nitrogen and oxygen atoms in total. The number of thiophene rings is 1. The molecule has 4 rings (SSSR count). The molecule has 0 atom stereocenters. The fourth-order valence-electron chi connectivity index (χ4n) is 3.80. The van der Waals surface area contributed by atoms with Gasteiger partial charge in [-0.3, -0.25) is 0 Å². The summed E-state index contributed by atoms with van der Waals surface area (Å²) in [5.74, 6) is 1.04. The van der Waals surface area contributed by atoms with Crippen LogP contribution in [0.15, 0.2) is 11.6 Å². The summed E-state index contributed by atoms with van der Waals surface area (Å²) in [7, 11) is 0. The second kappa shape index (κ2) is 5.58. The molecule has 1 aromatic rings. The summed E-state index contributed by atoms with van der Waals surface area (Å²) in [4.78, 5) is 6.38. The molecule has 0 amide bonds. The average molecular weight is 301 g/mol. The van der Waals surface area contributed by atoms with E-state index in [2.05, 4.69) is 17.2 Å². The van der Waals surface area contributed by atoms with Crippen molar-refractivity contribution < 1.29 is 0 Å². The summed E-state index contributed by atoms with van der Waals surface area (Å²) in [6.07, 6.45) is 10.5.